The Balaban J connectivity index is 2.07. The van der Waals surface area contributed by atoms with Crippen molar-refractivity contribution < 1.29 is 14.3 Å². The summed E-state index contributed by atoms with van der Waals surface area (Å²) in [5.74, 6) is -0.0618. The number of carbonyl (C=O) groups excluding carboxylic acids is 1. The predicted molar refractivity (Wildman–Crippen MR) is 61.3 cm³/mol. The Kier molecular flexibility index (Phi) is 6.37. The molecule has 1 aliphatic rings. The molecule has 1 amide bonds. The molecule has 1 fully saturated rings. The van der Waals surface area contributed by atoms with Gasteiger partial charge in [-0.1, -0.05) is 0 Å². The number of hydrogen-bond acceptors (Lipinski definition) is 4. The molecule has 0 radical (unpaired) electrons. The van der Waals surface area contributed by atoms with Crippen LogP contribution in [0.5, 0.6) is 0 Å². The number of nitrogens with one attached hydrogen (secondary N) is 2. The maximum Gasteiger partial charge on any atom is 0.248 e. The minimum Gasteiger partial charge on any atom is -0.376 e. The Bertz CT molecular complexity index is 205. The first-order chi connectivity index (χ1) is 7.74. The molecule has 2 unspecified atom stereocenters. The van der Waals surface area contributed by atoms with Crippen molar-refractivity contribution >= 4 is 5.91 Å². The third-order valence-electron chi connectivity index (χ3n) is 2.60. The monoisotopic (exact) mass is 230 g/mol. The number of likely N-dealkylation sites (N-methyl/N-ethyl adjacent to an activating group) is 1. The molecule has 16 heavy (non-hydrogen) atoms. The highest BCUT2D eigenvalue weighted by atomic mass is 16.5. The molecule has 1 heterocycles. The molecule has 1 rings (SSSR count). The topological polar surface area (TPSA) is 59.6 Å². The van der Waals surface area contributed by atoms with E-state index in [2.05, 4.69) is 10.6 Å². The molecule has 0 aromatic rings. The quantitative estimate of drug-likeness (QED) is 0.600. The van der Waals surface area contributed by atoms with Gasteiger partial charge in [0, 0.05) is 19.7 Å². The number of carbonyl (C=O) groups is 1. The van der Waals surface area contributed by atoms with E-state index in [1.165, 1.54) is 0 Å². The highest BCUT2D eigenvalue weighted by molar-refractivity contribution is 5.80. The van der Waals surface area contributed by atoms with Crippen LogP contribution in [0.15, 0.2) is 0 Å². The van der Waals surface area contributed by atoms with Gasteiger partial charge in [0.15, 0.2) is 0 Å². The molecular weight excluding hydrogens is 208 g/mol. The van der Waals surface area contributed by atoms with E-state index in [-0.39, 0.29) is 12.0 Å². The third-order valence-corrected chi connectivity index (χ3v) is 2.60. The van der Waals surface area contributed by atoms with Gasteiger partial charge in [0.2, 0.25) is 5.91 Å². The van der Waals surface area contributed by atoms with E-state index in [0.717, 1.165) is 26.0 Å². The van der Waals surface area contributed by atoms with Gasteiger partial charge in [-0.2, -0.15) is 0 Å². The molecule has 2 atom stereocenters. The molecule has 0 aromatic heterocycles. The van der Waals surface area contributed by atoms with Crippen LogP contribution in [0.25, 0.3) is 0 Å². The van der Waals surface area contributed by atoms with Crippen LogP contribution in [0.3, 0.4) is 0 Å². The third kappa shape index (κ3) is 4.92. The summed E-state index contributed by atoms with van der Waals surface area (Å²) >= 11 is 0. The van der Waals surface area contributed by atoms with Gasteiger partial charge in [-0.05, 0) is 26.8 Å². The van der Waals surface area contributed by atoms with Crippen molar-refractivity contribution in [2.75, 3.05) is 33.4 Å². The smallest absolute Gasteiger partial charge is 0.248 e. The average molecular weight is 230 g/mol. The van der Waals surface area contributed by atoms with Crippen LogP contribution in [-0.2, 0) is 14.3 Å². The average Bonchev–Trinajstić information content (AvgIpc) is 2.79. The van der Waals surface area contributed by atoms with E-state index in [9.17, 15) is 4.79 Å². The van der Waals surface area contributed by atoms with Crippen molar-refractivity contribution in [2.24, 2.45) is 0 Å². The SMILES string of the molecule is CNCCNC(=O)C(C)OCC1CCCO1. The first kappa shape index (κ1) is 13.4. The molecule has 0 spiro atoms. The van der Waals surface area contributed by atoms with Gasteiger partial charge in [0.1, 0.15) is 6.10 Å². The number of ether oxygens (including phenoxy) is 2. The lowest BCUT2D eigenvalue weighted by molar-refractivity contribution is -0.133. The highest BCUT2D eigenvalue weighted by Gasteiger charge is 2.19. The number of amides is 1. The second-order valence-corrected chi connectivity index (χ2v) is 4.01. The van der Waals surface area contributed by atoms with Gasteiger partial charge in [0.25, 0.3) is 0 Å². The lowest BCUT2D eigenvalue weighted by atomic mass is 10.2. The number of rotatable bonds is 7. The molecular formula is C11H22N2O3. The second kappa shape index (κ2) is 7.60. The van der Waals surface area contributed by atoms with Gasteiger partial charge < -0.3 is 20.1 Å². The Morgan fingerprint density at radius 2 is 2.38 bits per heavy atom. The zero-order valence-corrected chi connectivity index (χ0v) is 10.1. The molecule has 1 aliphatic heterocycles. The van der Waals surface area contributed by atoms with E-state index in [1.807, 2.05) is 7.05 Å². The largest absolute Gasteiger partial charge is 0.376 e. The van der Waals surface area contributed by atoms with Crippen molar-refractivity contribution in [2.45, 2.75) is 32.0 Å². The summed E-state index contributed by atoms with van der Waals surface area (Å²) in [6.45, 7) is 4.49. The summed E-state index contributed by atoms with van der Waals surface area (Å²) < 4.78 is 10.9. The zero-order chi connectivity index (χ0) is 11.8. The lowest BCUT2D eigenvalue weighted by Crippen LogP contribution is -2.38. The molecule has 5 heteroatoms. The molecule has 0 aliphatic carbocycles. The fourth-order valence-corrected chi connectivity index (χ4v) is 1.56. The maximum absolute atomic E-state index is 11.5. The molecule has 0 saturated carbocycles. The van der Waals surface area contributed by atoms with E-state index >= 15 is 0 Å². The van der Waals surface area contributed by atoms with Gasteiger partial charge >= 0.3 is 0 Å². The summed E-state index contributed by atoms with van der Waals surface area (Å²) in [7, 11) is 1.85. The first-order valence-electron chi connectivity index (χ1n) is 5.89. The minimum atomic E-state index is -0.402. The summed E-state index contributed by atoms with van der Waals surface area (Å²) in [5, 5.41) is 5.75. The van der Waals surface area contributed by atoms with Crippen molar-refractivity contribution in [3.8, 4) is 0 Å². The van der Waals surface area contributed by atoms with Crippen LogP contribution >= 0.6 is 0 Å². The van der Waals surface area contributed by atoms with Gasteiger partial charge in [-0.3, -0.25) is 4.79 Å². The van der Waals surface area contributed by atoms with Gasteiger partial charge in [-0.15, -0.1) is 0 Å². The predicted octanol–water partition coefficient (Wildman–Crippen LogP) is -0.0939. The first-order valence-corrected chi connectivity index (χ1v) is 5.89. The Labute approximate surface area is 96.9 Å². The summed E-state index contributed by atoms with van der Waals surface area (Å²) in [5.41, 5.74) is 0. The van der Waals surface area contributed by atoms with E-state index < -0.39 is 6.10 Å². The fraction of sp³-hybridized carbons (Fsp3) is 0.909. The van der Waals surface area contributed by atoms with E-state index in [1.54, 1.807) is 6.92 Å². The van der Waals surface area contributed by atoms with Crippen LogP contribution < -0.4 is 10.6 Å². The minimum absolute atomic E-state index is 0.0618. The lowest BCUT2D eigenvalue weighted by Gasteiger charge is -2.16. The van der Waals surface area contributed by atoms with Crippen LogP contribution in [0, 0.1) is 0 Å². The Hall–Kier alpha value is -0.650. The Morgan fingerprint density at radius 3 is 3.00 bits per heavy atom. The van der Waals surface area contributed by atoms with Crippen LogP contribution in [0.2, 0.25) is 0 Å². The zero-order valence-electron chi connectivity index (χ0n) is 10.1. The molecule has 2 N–H and O–H groups in total. The molecule has 5 nitrogen and oxygen atoms in total. The second-order valence-electron chi connectivity index (χ2n) is 4.01. The van der Waals surface area contributed by atoms with Gasteiger partial charge in [0.05, 0.1) is 12.7 Å². The van der Waals surface area contributed by atoms with Crippen LogP contribution in [-0.4, -0.2) is 51.5 Å². The highest BCUT2D eigenvalue weighted by Crippen LogP contribution is 2.12. The van der Waals surface area contributed by atoms with Crippen molar-refractivity contribution in [3.05, 3.63) is 0 Å². The van der Waals surface area contributed by atoms with Crippen LogP contribution in [0.4, 0.5) is 0 Å². The van der Waals surface area contributed by atoms with E-state index in [0.29, 0.717) is 13.2 Å². The molecule has 94 valence electrons. The Morgan fingerprint density at radius 1 is 1.56 bits per heavy atom. The van der Waals surface area contributed by atoms with Gasteiger partial charge in [-0.25, -0.2) is 0 Å². The van der Waals surface area contributed by atoms with E-state index in [4.69, 9.17) is 9.47 Å². The van der Waals surface area contributed by atoms with Crippen molar-refractivity contribution in [1.29, 1.82) is 0 Å². The summed E-state index contributed by atoms with van der Waals surface area (Å²) in [6, 6.07) is 0. The maximum atomic E-state index is 11.5. The number of hydrogen-bond donors (Lipinski definition) is 2. The fourth-order valence-electron chi connectivity index (χ4n) is 1.56. The van der Waals surface area contributed by atoms with Crippen LogP contribution in [0.1, 0.15) is 19.8 Å². The normalized spacial score (nSPS) is 22.0. The molecule has 1 saturated heterocycles. The summed E-state index contributed by atoms with van der Waals surface area (Å²) in [6.07, 6.45) is 1.90. The molecule has 0 bridgehead atoms. The van der Waals surface area contributed by atoms with Crippen molar-refractivity contribution in [1.82, 2.24) is 10.6 Å². The molecule has 0 aromatic carbocycles. The van der Waals surface area contributed by atoms with Crippen molar-refractivity contribution in [3.63, 3.8) is 0 Å². The summed E-state index contributed by atoms with van der Waals surface area (Å²) in [4.78, 5) is 11.5. The standard InChI is InChI=1S/C11H22N2O3/c1-9(11(14)13-6-5-12-2)16-8-10-4-3-7-15-10/h9-10,12H,3-8H2,1-2H3,(H,13,14).